The highest BCUT2D eigenvalue weighted by Crippen LogP contribution is 2.44. The number of benzene rings is 1. The summed E-state index contributed by atoms with van der Waals surface area (Å²) in [5, 5.41) is 8.54. The Kier molecular flexibility index (Phi) is 8.75. The first-order chi connectivity index (χ1) is 18.8. The molecule has 40 heavy (non-hydrogen) atoms. The number of fused-ring (bicyclic) bond motifs is 2. The average Bonchev–Trinajstić information content (AvgIpc) is 3.57. The smallest absolute Gasteiger partial charge is 0.310 e. The standard InChI is InChI=1S/C28H37ClN4O7/c1-6-39-27-20(13-21(35)40-27)31-25(37)22-15-7-9-17(11-15)33(22)26(38)23(28(3,4)5)32-24(36)16-8-10-19(18(29)12-16)30-14(2)34/h8,10,12,15,17,20,22-23,27H,6-7,9,11,13H2,1-5H3,(H,30,34)(H,31,37)(H,32,36)/t15-,17?,20-,22-,23+,27+/m0/s1. The van der Waals surface area contributed by atoms with Crippen molar-refractivity contribution < 1.29 is 33.4 Å². The fraction of sp³-hybridized carbons (Fsp3) is 0.607. The van der Waals surface area contributed by atoms with Gasteiger partial charge in [0.1, 0.15) is 18.1 Å². The van der Waals surface area contributed by atoms with Crippen LogP contribution in [-0.4, -0.2) is 71.6 Å². The number of halogens is 1. The van der Waals surface area contributed by atoms with E-state index in [1.165, 1.54) is 25.1 Å². The molecule has 2 heterocycles. The van der Waals surface area contributed by atoms with E-state index in [4.69, 9.17) is 21.1 Å². The van der Waals surface area contributed by atoms with E-state index in [-0.39, 0.29) is 46.7 Å². The molecule has 1 unspecified atom stereocenters. The van der Waals surface area contributed by atoms with Gasteiger partial charge in [0.15, 0.2) is 0 Å². The molecule has 3 N–H and O–H groups in total. The second kappa shape index (κ2) is 11.7. The number of nitrogens with zero attached hydrogens (tertiary/aromatic N) is 1. The minimum absolute atomic E-state index is 0.00483. The van der Waals surface area contributed by atoms with E-state index in [2.05, 4.69) is 16.0 Å². The summed E-state index contributed by atoms with van der Waals surface area (Å²) in [6.45, 7) is 8.99. The van der Waals surface area contributed by atoms with Gasteiger partial charge in [0.25, 0.3) is 5.91 Å². The van der Waals surface area contributed by atoms with Crippen molar-refractivity contribution in [3.05, 3.63) is 28.8 Å². The molecule has 4 amide bonds. The molecule has 1 aromatic rings. The molecule has 6 atom stereocenters. The van der Waals surface area contributed by atoms with Crippen LogP contribution in [0.25, 0.3) is 0 Å². The van der Waals surface area contributed by atoms with Crippen molar-refractivity contribution in [1.29, 1.82) is 0 Å². The van der Waals surface area contributed by atoms with E-state index < -0.39 is 41.7 Å². The van der Waals surface area contributed by atoms with Crippen molar-refractivity contribution in [2.24, 2.45) is 11.3 Å². The van der Waals surface area contributed by atoms with Gasteiger partial charge in [0, 0.05) is 25.1 Å². The number of esters is 1. The van der Waals surface area contributed by atoms with Crippen molar-refractivity contribution in [3.63, 3.8) is 0 Å². The fourth-order valence-electron chi connectivity index (χ4n) is 5.84. The van der Waals surface area contributed by atoms with Crippen molar-refractivity contribution >= 4 is 46.9 Å². The Bertz CT molecular complexity index is 1200. The van der Waals surface area contributed by atoms with Gasteiger partial charge in [-0.15, -0.1) is 0 Å². The molecule has 0 radical (unpaired) electrons. The second-order valence-corrected chi connectivity index (χ2v) is 12.1. The Balaban J connectivity index is 1.53. The van der Waals surface area contributed by atoms with Crippen molar-refractivity contribution in [3.8, 4) is 0 Å². The van der Waals surface area contributed by atoms with Gasteiger partial charge in [-0.1, -0.05) is 32.4 Å². The Hall–Kier alpha value is -3.18. The molecule has 12 heteroatoms. The predicted octanol–water partition coefficient (Wildman–Crippen LogP) is 2.62. The molecule has 0 aromatic heterocycles. The van der Waals surface area contributed by atoms with Gasteiger partial charge in [0.05, 0.1) is 17.1 Å². The van der Waals surface area contributed by atoms with Crippen LogP contribution < -0.4 is 16.0 Å². The number of amides is 4. The normalized spacial score (nSPS) is 26.3. The Morgan fingerprint density at radius 1 is 1.20 bits per heavy atom. The van der Waals surface area contributed by atoms with Gasteiger partial charge in [-0.05, 0) is 55.7 Å². The summed E-state index contributed by atoms with van der Waals surface area (Å²) >= 11 is 6.26. The number of carbonyl (C=O) groups is 5. The topological polar surface area (TPSA) is 143 Å². The summed E-state index contributed by atoms with van der Waals surface area (Å²) in [5.74, 6) is -1.96. The molecular weight excluding hydrogens is 540 g/mol. The summed E-state index contributed by atoms with van der Waals surface area (Å²) < 4.78 is 10.7. The number of ether oxygens (including phenoxy) is 2. The van der Waals surface area contributed by atoms with Gasteiger partial charge in [-0.2, -0.15) is 0 Å². The van der Waals surface area contributed by atoms with Gasteiger partial charge in [-0.3, -0.25) is 24.0 Å². The zero-order chi connectivity index (χ0) is 29.4. The highest BCUT2D eigenvalue weighted by atomic mass is 35.5. The van der Waals surface area contributed by atoms with Crippen LogP contribution in [0.2, 0.25) is 5.02 Å². The van der Waals surface area contributed by atoms with Crippen LogP contribution in [0.5, 0.6) is 0 Å². The van der Waals surface area contributed by atoms with Gasteiger partial charge in [-0.25, -0.2) is 0 Å². The third-order valence-electron chi connectivity index (χ3n) is 7.66. The highest BCUT2D eigenvalue weighted by Gasteiger charge is 2.54. The monoisotopic (exact) mass is 576 g/mol. The summed E-state index contributed by atoms with van der Waals surface area (Å²) in [5.41, 5.74) is -0.0790. The van der Waals surface area contributed by atoms with E-state index in [1.807, 2.05) is 20.8 Å². The van der Waals surface area contributed by atoms with Gasteiger partial charge >= 0.3 is 5.97 Å². The minimum atomic E-state index is -0.934. The molecule has 1 aromatic carbocycles. The molecule has 0 spiro atoms. The Morgan fingerprint density at radius 3 is 2.55 bits per heavy atom. The van der Waals surface area contributed by atoms with E-state index >= 15 is 0 Å². The molecule has 3 aliphatic rings. The maximum absolute atomic E-state index is 14.1. The lowest BCUT2D eigenvalue weighted by molar-refractivity contribution is -0.165. The summed E-state index contributed by atoms with van der Waals surface area (Å²) in [6, 6.07) is 2.06. The first-order valence-corrected chi connectivity index (χ1v) is 14.0. The molecule has 4 rings (SSSR count). The quantitative estimate of drug-likeness (QED) is 0.404. The van der Waals surface area contributed by atoms with Crippen molar-refractivity contribution in [1.82, 2.24) is 15.5 Å². The average molecular weight is 577 g/mol. The molecule has 2 saturated heterocycles. The van der Waals surface area contributed by atoms with Crippen LogP contribution in [0.1, 0.15) is 70.7 Å². The molecule has 3 fully saturated rings. The number of carbonyl (C=O) groups excluding carboxylic acids is 5. The number of hydrogen-bond donors (Lipinski definition) is 3. The number of anilines is 1. The lowest BCUT2D eigenvalue weighted by Gasteiger charge is -2.40. The van der Waals surface area contributed by atoms with Gasteiger partial charge < -0.3 is 30.3 Å². The van der Waals surface area contributed by atoms with E-state index in [9.17, 15) is 24.0 Å². The number of nitrogens with one attached hydrogen (secondary N) is 3. The van der Waals surface area contributed by atoms with Crippen LogP contribution >= 0.6 is 11.6 Å². The molecule has 2 bridgehead atoms. The Labute approximate surface area is 238 Å². The van der Waals surface area contributed by atoms with E-state index in [0.29, 0.717) is 18.7 Å². The third-order valence-corrected chi connectivity index (χ3v) is 7.97. The summed E-state index contributed by atoms with van der Waals surface area (Å²) in [7, 11) is 0. The fourth-order valence-corrected chi connectivity index (χ4v) is 6.07. The molecule has 11 nitrogen and oxygen atoms in total. The first kappa shape index (κ1) is 29.8. The number of hydrogen-bond acceptors (Lipinski definition) is 7. The van der Waals surface area contributed by atoms with Crippen LogP contribution in [-0.2, 0) is 28.7 Å². The van der Waals surface area contributed by atoms with Crippen molar-refractivity contribution in [2.45, 2.75) is 90.8 Å². The number of cyclic esters (lactones) is 1. The van der Waals surface area contributed by atoms with E-state index in [1.54, 1.807) is 11.8 Å². The zero-order valence-corrected chi connectivity index (χ0v) is 24.2. The van der Waals surface area contributed by atoms with Crippen LogP contribution in [0.15, 0.2) is 18.2 Å². The molecular formula is C28H37ClN4O7. The first-order valence-electron chi connectivity index (χ1n) is 13.6. The summed E-state index contributed by atoms with van der Waals surface area (Å²) in [6.07, 6.45) is 1.42. The van der Waals surface area contributed by atoms with Crippen molar-refractivity contribution in [2.75, 3.05) is 11.9 Å². The number of piperidine rings is 1. The highest BCUT2D eigenvalue weighted by molar-refractivity contribution is 6.34. The number of rotatable bonds is 8. The lowest BCUT2D eigenvalue weighted by atomic mass is 9.84. The second-order valence-electron chi connectivity index (χ2n) is 11.7. The Morgan fingerprint density at radius 2 is 1.93 bits per heavy atom. The van der Waals surface area contributed by atoms with Gasteiger partial charge in [0.2, 0.25) is 24.0 Å². The van der Waals surface area contributed by atoms with Crippen LogP contribution in [0, 0.1) is 11.3 Å². The largest absolute Gasteiger partial charge is 0.433 e. The molecule has 2 aliphatic heterocycles. The zero-order valence-electron chi connectivity index (χ0n) is 23.4. The summed E-state index contributed by atoms with van der Waals surface area (Å²) in [4.78, 5) is 65.8. The predicted molar refractivity (Wildman–Crippen MR) is 146 cm³/mol. The maximum atomic E-state index is 14.1. The lowest BCUT2D eigenvalue weighted by Crippen LogP contribution is -2.62. The minimum Gasteiger partial charge on any atom is -0.433 e. The number of likely N-dealkylation sites (tertiary alicyclic amines) is 1. The molecule has 1 saturated carbocycles. The van der Waals surface area contributed by atoms with Crippen LogP contribution in [0.3, 0.4) is 0 Å². The molecule has 1 aliphatic carbocycles. The van der Waals surface area contributed by atoms with Crippen LogP contribution in [0.4, 0.5) is 5.69 Å². The maximum Gasteiger partial charge on any atom is 0.310 e. The third kappa shape index (κ3) is 6.25. The van der Waals surface area contributed by atoms with E-state index in [0.717, 1.165) is 12.8 Å². The SMILES string of the molecule is CCO[C@@H]1OC(=O)C[C@@H]1NC(=O)[C@@H]1[C@H]2CCC(C2)N1C(=O)[C@@H](NC(=O)c1ccc(NC(C)=O)c(Cl)c1)C(C)(C)C. The molecule has 218 valence electrons.